The fourth-order valence-corrected chi connectivity index (χ4v) is 3.26. The standard InChI is InChI=1S/C25H22N4O/c26-24(30)23-16-22(21-14-8-3-9-15-21)27-25(28-23)29(17-19-10-4-1-5-11-19)18-20-12-6-2-7-13-20/h1-16H,17-18H2,(H2,26,30). The molecule has 0 spiro atoms. The summed E-state index contributed by atoms with van der Waals surface area (Å²) in [5, 5.41) is 0. The number of anilines is 1. The Kier molecular flexibility index (Phi) is 5.80. The van der Waals surface area contributed by atoms with E-state index in [2.05, 4.69) is 34.1 Å². The van der Waals surface area contributed by atoms with Crippen molar-refractivity contribution in [3.8, 4) is 11.3 Å². The second-order valence-corrected chi connectivity index (χ2v) is 7.00. The van der Waals surface area contributed by atoms with Crippen LogP contribution >= 0.6 is 0 Å². The lowest BCUT2D eigenvalue weighted by atomic mass is 10.1. The van der Waals surface area contributed by atoms with E-state index in [0.717, 1.165) is 16.7 Å². The molecule has 0 saturated heterocycles. The molecule has 0 bridgehead atoms. The smallest absolute Gasteiger partial charge is 0.267 e. The van der Waals surface area contributed by atoms with Crippen molar-refractivity contribution >= 4 is 11.9 Å². The first kappa shape index (κ1) is 19.3. The molecule has 0 aliphatic rings. The monoisotopic (exact) mass is 394 g/mol. The van der Waals surface area contributed by atoms with Gasteiger partial charge in [-0.25, -0.2) is 9.97 Å². The third-order valence-corrected chi connectivity index (χ3v) is 4.75. The molecule has 0 radical (unpaired) electrons. The molecule has 2 N–H and O–H groups in total. The number of benzene rings is 3. The minimum Gasteiger partial charge on any atom is -0.364 e. The van der Waals surface area contributed by atoms with Gasteiger partial charge in [0, 0.05) is 18.7 Å². The van der Waals surface area contributed by atoms with Crippen LogP contribution in [0.3, 0.4) is 0 Å². The molecule has 148 valence electrons. The molecule has 0 fully saturated rings. The predicted octanol–water partition coefficient (Wildman–Crippen LogP) is 4.45. The summed E-state index contributed by atoms with van der Waals surface area (Å²) in [5.41, 5.74) is 9.61. The van der Waals surface area contributed by atoms with Gasteiger partial charge in [0.1, 0.15) is 5.69 Å². The van der Waals surface area contributed by atoms with E-state index in [4.69, 9.17) is 10.7 Å². The highest BCUT2D eigenvalue weighted by Crippen LogP contribution is 2.23. The molecule has 3 aromatic carbocycles. The lowest BCUT2D eigenvalue weighted by molar-refractivity contribution is 0.0995. The number of rotatable bonds is 7. The molecule has 0 atom stereocenters. The van der Waals surface area contributed by atoms with Crippen LogP contribution < -0.4 is 10.6 Å². The zero-order chi connectivity index (χ0) is 20.8. The number of carbonyl (C=O) groups is 1. The first-order valence-electron chi connectivity index (χ1n) is 9.76. The molecular weight excluding hydrogens is 372 g/mol. The Morgan fingerprint density at radius 1 is 0.733 bits per heavy atom. The summed E-state index contributed by atoms with van der Waals surface area (Å²) in [5.74, 6) is -0.104. The Balaban J connectivity index is 1.78. The molecule has 0 aliphatic carbocycles. The summed E-state index contributed by atoms with van der Waals surface area (Å²) in [6.07, 6.45) is 0. The Hall–Kier alpha value is -3.99. The molecule has 0 unspecified atom stereocenters. The second-order valence-electron chi connectivity index (χ2n) is 7.00. The van der Waals surface area contributed by atoms with Crippen molar-refractivity contribution in [3.63, 3.8) is 0 Å². The van der Waals surface area contributed by atoms with E-state index in [-0.39, 0.29) is 5.69 Å². The zero-order valence-electron chi connectivity index (χ0n) is 16.5. The van der Waals surface area contributed by atoms with Gasteiger partial charge >= 0.3 is 0 Å². The largest absolute Gasteiger partial charge is 0.364 e. The summed E-state index contributed by atoms with van der Waals surface area (Å²) in [7, 11) is 0. The minimum absolute atomic E-state index is 0.199. The van der Waals surface area contributed by atoms with E-state index in [1.165, 1.54) is 0 Å². The maximum Gasteiger partial charge on any atom is 0.267 e. The minimum atomic E-state index is -0.574. The quantitative estimate of drug-likeness (QED) is 0.503. The van der Waals surface area contributed by atoms with Crippen LogP contribution in [-0.4, -0.2) is 15.9 Å². The third-order valence-electron chi connectivity index (χ3n) is 4.75. The summed E-state index contributed by atoms with van der Waals surface area (Å²) >= 11 is 0. The van der Waals surface area contributed by atoms with Gasteiger partial charge in [0.2, 0.25) is 5.95 Å². The number of nitrogens with zero attached hydrogens (tertiary/aromatic N) is 3. The van der Waals surface area contributed by atoms with Crippen LogP contribution in [0.5, 0.6) is 0 Å². The van der Waals surface area contributed by atoms with Crippen LogP contribution in [0.25, 0.3) is 11.3 Å². The van der Waals surface area contributed by atoms with Crippen LogP contribution in [0.15, 0.2) is 97.1 Å². The number of hydrogen-bond acceptors (Lipinski definition) is 4. The van der Waals surface area contributed by atoms with Crippen molar-refractivity contribution in [2.24, 2.45) is 5.73 Å². The highest BCUT2D eigenvalue weighted by Gasteiger charge is 2.17. The first-order chi connectivity index (χ1) is 14.7. The molecule has 0 saturated carbocycles. The first-order valence-corrected chi connectivity index (χ1v) is 9.76. The Morgan fingerprint density at radius 2 is 1.23 bits per heavy atom. The average molecular weight is 394 g/mol. The number of amides is 1. The van der Waals surface area contributed by atoms with Gasteiger partial charge in [0.15, 0.2) is 0 Å². The van der Waals surface area contributed by atoms with E-state index in [1.807, 2.05) is 66.7 Å². The molecule has 1 aromatic heterocycles. The van der Waals surface area contributed by atoms with E-state index in [1.54, 1.807) is 6.07 Å². The second kappa shape index (κ2) is 9.01. The maximum atomic E-state index is 12.0. The molecule has 30 heavy (non-hydrogen) atoms. The van der Waals surface area contributed by atoms with Crippen LogP contribution in [0.4, 0.5) is 5.95 Å². The Labute approximate surface area is 175 Å². The number of carbonyl (C=O) groups excluding carboxylic acids is 1. The van der Waals surface area contributed by atoms with E-state index in [0.29, 0.717) is 24.7 Å². The van der Waals surface area contributed by atoms with Gasteiger partial charge in [0.25, 0.3) is 5.91 Å². The lowest BCUT2D eigenvalue weighted by Crippen LogP contribution is -2.26. The Morgan fingerprint density at radius 3 is 1.73 bits per heavy atom. The fraction of sp³-hybridized carbons (Fsp3) is 0.0800. The predicted molar refractivity (Wildman–Crippen MR) is 119 cm³/mol. The van der Waals surface area contributed by atoms with Crippen LogP contribution in [0, 0.1) is 0 Å². The van der Waals surface area contributed by atoms with Crippen molar-refractivity contribution < 1.29 is 4.79 Å². The van der Waals surface area contributed by atoms with E-state index in [9.17, 15) is 4.79 Å². The molecule has 5 nitrogen and oxygen atoms in total. The van der Waals surface area contributed by atoms with Crippen molar-refractivity contribution in [1.29, 1.82) is 0 Å². The molecule has 1 amide bonds. The summed E-state index contributed by atoms with van der Waals surface area (Å²) < 4.78 is 0. The van der Waals surface area contributed by atoms with E-state index < -0.39 is 5.91 Å². The molecule has 4 aromatic rings. The number of hydrogen-bond donors (Lipinski definition) is 1. The Bertz CT molecular complexity index is 1070. The van der Waals surface area contributed by atoms with Gasteiger partial charge in [-0.3, -0.25) is 4.79 Å². The van der Waals surface area contributed by atoms with Gasteiger partial charge in [0.05, 0.1) is 5.69 Å². The van der Waals surface area contributed by atoms with Crippen LogP contribution in [0.2, 0.25) is 0 Å². The molecule has 4 rings (SSSR count). The molecule has 5 heteroatoms. The van der Waals surface area contributed by atoms with E-state index >= 15 is 0 Å². The van der Waals surface area contributed by atoms with Gasteiger partial charge in [-0.05, 0) is 17.2 Å². The highest BCUT2D eigenvalue weighted by molar-refractivity contribution is 5.92. The summed E-state index contributed by atoms with van der Waals surface area (Å²) in [4.78, 5) is 23.3. The normalized spacial score (nSPS) is 10.5. The number of aromatic nitrogens is 2. The molecule has 0 aliphatic heterocycles. The van der Waals surface area contributed by atoms with Crippen molar-refractivity contribution in [2.45, 2.75) is 13.1 Å². The maximum absolute atomic E-state index is 12.0. The van der Waals surface area contributed by atoms with Gasteiger partial charge in [-0.2, -0.15) is 0 Å². The van der Waals surface area contributed by atoms with Gasteiger partial charge < -0.3 is 10.6 Å². The molecular formula is C25H22N4O. The topological polar surface area (TPSA) is 72.1 Å². The number of primary amides is 1. The highest BCUT2D eigenvalue weighted by atomic mass is 16.1. The van der Waals surface area contributed by atoms with Crippen molar-refractivity contribution in [1.82, 2.24) is 9.97 Å². The SMILES string of the molecule is NC(=O)c1cc(-c2ccccc2)nc(N(Cc2ccccc2)Cc2ccccc2)n1. The fourth-order valence-electron chi connectivity index (χ4n) is 3.26. The summed E-state index contributed by atoms with van der Waals surface area (Å²) in [6, 6.07) is 31.6. The number of nitrogens with two attached hydrogens (primary N) is 1. The molecule has 1 heterocycles. The average Bonchev–Trinajstić information content (AvgIpc) is 2.80. The van der Waals surface area contributed by atoms with Crippen molar-refractivity contribution in [2.75, 3.05) is 4.90 Å². The van der Waals surface area contributed by atoms with Crippen molar-refractivity contribution in [3.05, 3.63) is 114 Å². The summed E-state index contributed by atoms with van der Waals surface area (Å²) in [6.45, 7) is 1.21. The zero-order valence-corrected chi connectivity index (χ0v) is 16.5. The van der Waals surface area contributed by atoms with Gasteiger partial charge in [-0.1, -0.05) is 91.0 Å². The third kappa shape index (κ3) is 4.70. The van der Waals surface area contributed by atoms with Crippen LogP contribution in [0.1, 0.15) is 21.6 Å². The lowest BCUT2D eigenvalue weighted by Gasteiger charge is -2.24. The van der Waals surface area contributed by atoms with Gasteiger partial charge in [-0.15, -0.1) is 0 Å². The van der Waals surface area contributed by atoms with Crippen LogP contribution in [-0.2, 0) is 13.1 Å².